The molecule has 28 heavy (non-hydrogen) atoms. The molecule has 1 saturated carbocycles. The van der Waals surface area contributed by atoms with E-state index in [0.717, 1.165) is 42.1 Å². The Morgan fingerprint density at radius 1 is 1.18 bits per heavy atom. The summed E-state index contributed by atoms with van der Waals surface area (Å²) in [4.78, 5) is 24.0. The zero-order valence-electron chi connectivity index (χ0n) is 16.0. The largest absolute Gasteiger partial charge is 0.354 e. The van der Waals surface area contributed by atoms with E-state index in [1.807, 2.05) is 35.0 Å². The minimum absolute atomic E-state index is 0.104. The molecule has 3 rings (SSSR count). The summed E-state index contributed by atoms with van der Waals surface area (Å²) in [6.07, 6.45) is 9.92. The summed E-state index contributed by atoms with van der Waals surface area (Å²) < 4.78 is 2.04. The predicted octanol–water partition coefficient (Wildman–Crippen LogP) is 2.99. The van der Waals surface area contributed by atoms with E-state index in [1.54, 1.807) is 6.08 Å². The number of carbonyl (C=O) groups excluding carboxylic acids is 2. The highest BCUT2D eigenvalue weighted by molar-refractivity contribution is 5.96. The number of nitrogens with zero attached hydrogens (tertiary/aromatic N) is 2. The number of amides is 2. The molecule has 1 aliphatic carbocycles. The molecule has 1 fully saturated rings. The second kappa shape index (κ2) is 9.75. The van der Waals surface area contributed by atoms with Crippen molar-refractivity contribution in [2.24, 2.45) is 5.92 Å². The number of benzene rings is 1. The van der Waals surface area contributed by atoms with E-state index in [0.29, 0.717) is 26.1 Å². The molecule has 0 aliphatic heterocycles. The van der Waals surface area contributed by atoms with Crippen LogP contribution in [-0.2, 0) is 16.1 Å². The van der Waals surface area contributed by atoms with Gasteiger partial charge in [-0.25, -0.2) is 0 Å². The number of aromatic nitrogens is 1. The molecular formula is C22H26N4O2. The van der Waals surface area contributed by atoms with Crippen LogP contribution in [0.1, 0.15) is 37.7 Å². The van der Waals surface area contributed by atoms with E-state index in [2.05, 4.69) is 16.7 Å². The highest BCUT2D eigenvalue weighted by Gasteiger charge is 2.21. The van der Waals surface area contributed by atoms with Crippen LogP contribution < -0.4 is 10.6 Å². The fourth-order valence-electron chi connectivity index (χ4n) is 3.69. The number of nitrogens with one attached hydrogen (secondary N) is 2. The second-order valence-corrected chi connectivity index (χ2v) is 7.10. The smallest absolute Gasteiger partial charge is 0.244 e. The number of hydrogen-bond acceptors (Lipinski definition) is 3. The van der Waals surface area contributed by atoms with Crippen molar-refractivity contribution < 1.29 is 9.59 Å². The lowest BCUT2D eigenvalue weighted by Gasteiger charge is -2.10. The number of fused-ring (bicyclic) bond motifs is 1. The van der Waals surface area contributed by atoms with Gasteiger partial charge >= 0.3 is 0 Å². The lowest BCUT2D eigenvalue weighted by atomic mass is 10.1. The molecule has 6 heteroatoms. The number of rotatable bonds is 8. The third kappa shape index (κ3) is 5.01. The van der Waals surface area contributed by atoms with Crippen LogP contribution in [0, 0.1) is 17.2 Å². The van der Waals surface area contributed by atoms with Gasteiger partial charge in [0.2, 0.25) is 11.8 Å². The van der Waals surface area contributed by atoms with Crippen molar-refractivity contribution in [1.82, 2.24) is 15.2 Å². The van der Waals surface area contributed by atoms with Gasteiger partial charge in [0.1, 0.15) is 0 Å². The second-order valence-electron chi connectivity index (χ2n) is 7.10. The van der Waals surface area contributed by atoms with Crippen LogP contribution in [0.25, 0.3) is 17.0 Å². The van der Waals surface area contributed by atoms with Crippen LogP contribution >= 0.6 is 0 Å². The summed E-state index contributed by atoms with van der Waals surface area (Å²) in [5.74, 6) is 0.0605. The summed E-state index contributed by atoms with van der Waals surface area (Å²) in [6.45, 7) is 1.48. The molecule has 1 aromatic heterocycles. The van der Waals surface area contributed by atoms with Crippen LogP contribution in [0.2, 0.25) is 0 Å². The molecule has 0 bridgehead atoms. The van der Waals surface area contributed by atoms with Gasteiger partial charge in [-0.1, -0.05) is 31.0 Å². The molecule has 1 aromatic carbocycles. The lowest BCUT2D eigenvalue weighted by molar-refractivity contribution is -0.125. The summed E-state index contributed by atoms with van der Waals surface area (Å²) in [7, 11) is 0. The molecule has 2 N–H and O–H groups in total. The molecule has 1 heterocycles. The SMILES string of the molecule is N#CCCn1cc(/C=C/C(=O)NCCNC(=O)C2CCCC2)c2ccccc21. The predicted molar refractivity (Wildman–Crippen MR) is 109 cm³/mol. The number of nitriles is 1. The first kappa shape index (κ1) is 19.7. The molecule has 2 amide bonds. The van der Waals surface area contributed by atoms with E-state index in [1.165, 1.54) is 6.08 Å². The van der Waals surface area contributed by atoms with Gasteiger partial charge in [-0.3, -0.25) is 9.59 Å². The van der Waals surface area contributed by atoms with Gasteiger partial charge in [-0.15, -0.1) is 0 Å². The third-order valence-electron chi connectivity index (χ3n) is 5.15. The van der Waals surface area contributed by atoms with Gasteiger partial charge in [0.25, 0.3) is 0 Å². The quantitative estimate of drug-likeness (QED) is 0.547. The molecule has 1 aliphatic rings. The minimum atomic E-state index is -0.191. The van der Waals surface area contributed by atoms with Gasteiger partial charge in [0.15, 0.2) is 0 Å². The van der Waals surface area contributed by atoms with E-state index < -0.39 is 0 Å². The average Bonchev–Trinajstić information content (AvgIpc) is 3.36. The summed E-state index contributed by atoms with van der Waals surface area (Å²) in [6, 6.07) is 10.1. The maximum absolute atomic E-state index is 12.1. The van der Waals surface area contributed by atoms with Crippen molar-refractivity contribution in [1.29, 1.82) is 5.26 Å². The third-order valence-corrected chi connectivity index (χ3v) is 5.15. The first-order valence-electron chi connectivity index (χ1n) is 9.87. The van der Waals surface area contributed by atoms with E-state index in [9.17, 15) is 9.59 Å². The van der Waals surface area contributed by atoms with Crippen LogP contribution in [0.4, 0.5) is 0 Å². The topological polar surface area (TPSA) is 86.9 Å². The number of hydrogen-bond donors (Lipinski definition) is 2. The van der Waals surface area contributed by atoms with Crippen molar-refractivity contribution >= 4 is 28.8 Å². The van der Waals surface area contributed by atoms with Crippen molar-refractivity contribution in [3.63, 3.8) is 0 Å². The minimum Gasteiger partial charge on any atom is -0.354 e. The van der Waals surface area contributed by atoms with E-state index in [-0.39, 0.29) is 17.7 Å². The monoisotopic (exact) mass is 378 g/mol. The lowest BCUT2D eigenvalue weighted by Crippen LogP contribution is -2.36. The number of aryl methyl sites for hydroxylation is 1. The van der Waals surface area contributed by atoms with Crippen LogP contribution in [0.3, 0.4) is 0 Å². The molecule has 6 nitrogen and oxygen atoms in total. The standard InChI is InChI=1S/C22H26N4O2/c23-12-5-15-26-16-18(19-8-3-4-9-20(19)26)10-11-21(27)24-13-14-25-22(28)17-6-1-2-7-17/h3-4,8-11,16-17H,1-2,5-7,13-15H2,(H,24,27)(H,25,28)/b11-10+. The molecule has 0 radical (unpaired) electrons. The fourth-order valence-corrected chi connectivity index (χ4v) is 3.69. The zero-order chi connectivity index (χ0) is 19.8. The highest BCUT2D eigenvalue weighted by atomic mass is 16.2. The number of para-hydroxylation sites is 1. The van der Waals surface area contributed by atoms with Gasteiger partial charge in [0.05, 0.1) is 12.5 Å². The van der Waals surface area contributed by atoms with Gasteiger partial charge in [0, 0.05) is 54.3 Å². The molecule has 146 valence electrons. The fraction of sp³-hybridized carbons (Fsp3) is 0.409. The Morgan fingerprint density at radius 3 is 2.71 bits per heavy atom. The molecule has 0 saturated heterocycles. The van der Waals surface area contributed by atoms with Crippen molar-refractivity contribution in [2.75, 3.05) is 13.1 Å². The Morgan fingerprint density at radius 2 is 1.93 bits per heavy atom. The van der Waals surface area contributed by atoms with Gasteiger partial charge in [-0.2, -0.15) is 5.26 Å². The maximum atomic E-state index is 12.1. The summed E-state index contributed by atoms with van der Waals surface area (Å²) >= 11 is 0. The van der Waals surface area contributed by atoms with Gasteiger partial charge in [-0.05, 0) is 25.0 Å². The molecule has 2 aromatic rings. The zero-order valence-corrected chi connectivity index (χ0v) is 16.0. The molecule has 0 atom stereocenters. The van der Waals surface area contributed by atoms with E-state index in [4.69, 9.17) is 5.26 Å². The van der Waals surface area contributed by atoms with E-state index >= 15 is 0 Å². The van der Waals surface area contributed by atoms with Crippen LogP contribution in [-0.4, -0.2) is 29.5 Å². The van der Waals surface area contributed by atoms with Crippen LogP contribution in [0.5, 0.6) is 0 Å². The summed E-state index contributed by atoms with van der Waals surface area (Å²) in [5.41, 5.74) is 1.99. The first-order chi connectivity index (χ1) is 13.7. The van der Waals surface area contributed by atoms with Gasteiger partial charge < -0.3 is 15.2 Å². The Balaban J connectivity index is 1.51. The molecular weight excluding hydrogens is 352 g/mol. The normalized spacial score (nSPS) is 14.4. The Bertz CT molecular complexity index is 901. The molecule has 0 unspecified atom stereocenters. The maximum Gasteiger partial charge on any atom is 0.244 e. The Hall–Kier alpha value is -3.07. The van der Waals surface area contributed by atoms with Crippen LogP contribution in [0.15, 0.2) is 36.5 Å². The first-order valence-corrected chi connectivity index (χ1v) is 9.87. The average molecular weight is 378 g/mol. The Kier molecular flexibility index (Phi) is 6.85. The van der Waals surface area contributed by atoms with Crippen molar-refractivity contribution in [3.05, 3.63) is 42.1 Å². The number of carbonyl (C=O) groups is 2. The highest BCUT2D eigenvalue weighted by Crippen LogP contribution is 2.24. The van der Waals surface area contributed by atoms with Crippen molar-refractivity contribution in [2.45, 2.75) is 38.6 Å². The Labute approximate surface area is 165 Å². The molecule has 0 spiro atoms. The van der Waals surface area contributed by atoms with Crippen molar-refractivity contribution in [3.8, 4) is 6.07 Å². The summed E-state index contributed by atoms with van der Waals surface area (Å²) in [5, 5.41) is 15.6.